The Bertz CT molecular complexity index is 938. The second kappa shape index (κ2) is 9.17. The topological polar surface area (TPSA) is 0 Å². The van der Waals surface area contributed by atoms with Gasteiger partial charge in [0.15, 0.2) is 0 Å². The van der Waals surface area contributed by atoms with E-state index in [4.69, 9.17) is 0 Å². The zero-order valence-electron chi connectivity index (χ0n) is 17.5. The molecule has 0 saturated heterocycles. The number of benzene rings is 2. The van der Waals surface area contributed by atoms with Crippen LogP contribution in [-0.2, 0) is 20.4 Å². The fourth-order valence-corrected chi connectivity index (χ4v) is 25.6. The molecule has 0 radical (unpaired) electrons. The summed E-state index contributed by atoms with van der Waals surface area (Å²) in [5.41, 5.74) is 12.1. The molecule has 0 aromatic heterocycles. The number of hydrogen-bond acceptors (Lipinski definition) is 0. The Hall–Kier alpha value is -0.400. The van der Waals surface area contributed by atoms with Gasteiger partial charge in [0.25, 0.3) is 0 Å². The third-order valence-electron chi connectivity index (χ3n) is 5.98. The molecule has 28 heavy (non-hydrogen) atoms. The molecular formula is C24H28Cl2SiZr. The molecule has 0 nitrogen and oxygen atoms in total. The van der Waals surface area contributed by atoms with Crippen molar-refractivity contribution in [2.45, 2.75) is 48.0 Å². The van der Waals surface area contributed by atoms with Crippen LogP contribution in [-0.4, -0.2) is 5.43 Å². The van der Waals surface area contributed by atoms with Crippen LogP contribution in [0.4, 0.5) is 0 Å². The molecule has 2 aliphatic carbocycles. The van der Waals surface area contributed by atoms with E-state index in [1.54, 1.807) is 22.3 Å². The smallest absolute Gasteiger partial charge is 1.00 e. The summed E-state index contributed by atoms with van der Waals surface area (Å²) in [5, 5.41) is 0. The molecule has 2 aromatic carbocycles. The number of halogens is 2. The maximum absolute atomic E-state index is 2.60. The van der Waals surface area contributed by atoms with Crippen LogP contribution in [0.15, 0.2) is 47.5 Å². The third-order valence-corrected chi connectivity index (χ3v) is 25.9. The first kappa shape index (κ1) is 23.9. The number of rotatable bonds is 2. The van der Waals surface area contributed by atoms with Gasteiger partial charge in [-0.15, -0.1) is 0 Å². The predicted molar refractivity (Wildman–Crippen MR) is 113 cm³/mol. The van der Waals surface area contributed by atoms with Crippen molar-refractivity contribution in [2.24, 2.45) is 0 Å². The molecule has 0 N–H and O–H groups in total. The van der Waals surface area contributed by atoms with E-state index in [1.807, 2.05) is 0 Å². The van der Waals surface area contributed by atoms with Gasteiger partial charge in [0.1, 0.15) is 0 Å². The van der Waals surface area contributed by atoms with Crippen LogP contribution in [0.5, 0.6) is 0 Å². The minimum atomic E-state index is -1.81. The molecular weight excluding hydrogens is 478 g/mol. The third kappa shape index (κ3) is 4.08. The zero-order valence-corrected chi connectivity index (χ0v) is 22.5. The maximum atomic E-state index is 2.60. The minimum absolute atomic E-state index is 0. The summed E-state index contributed by atoms with van der Waals surface area (Å²) in [7, 11) is 0. The SMILES string of the molecule is CC1=Cc2ccc(C)cc2[CH]1[Zr+2]([CH]1C(C)=Cc2ccc(C)cc21)=[Si](C)C.[Cl-].[Cl-]. The molecule has 0 aliphatic heterocycles. The number of hydrogen-bond donors (Lipinski definition) is 0. The van der Waals surface area contributed by atoms with Crippen molar-refractivity contribution in [3.05, 3.63) is 80.9 Å². The van der Waals surface area contributed by atoms with Gasteiger partial charge in [-0.25, -0.2) is 0 Å². The van der Waals surface area contributed by atoms with Crippen molar-refractivity contribution >= 4 is 17.6 Å². The first-order valence-corrected chi connectivity index (χ1v) is 18.6. The predicted octanol–water partition coefficient (Wildman–Crippen LogP) is 0.797. The summed E-state index contributed by atoms with van der Waals surface area (Å²) in [5.74, 6) is 0. The average Bonchev–Trinajstić information content (AvgIpc) is 3.05. The summed E-state index contributed by atoms with van der Waals surface area (Å²) in [6, 6.07) is 14.2. The maximum Gasteiger partial charge on any atom is -1.00 e. The van der Waals surface area contributed by atoms with Crippen molar-refractivity contribution in [1.29, 1.82) is 0 Å². The van der Waals surface area contributed by atoms with Gasteiger partial charge in [-0.05, 0) is 0 Å². The van der Waals surface area contributed by atoms with Gasteiger partial charge in [0, 0.05) is 0 Å². The molecule has 0 saturated carbocycles. The standard InChI is InChI=1S/2C11H11.C2H6Si.2ClH.Zr/c2*1-8-3-4-10-6-9(2)7-11(10)5-8;1-3-2;;;/h2*3-7H,1-2H3;1-2H3;2*1H;/q;;;;;+2/p-2. The second-order valence-corrected chi connectivity index (χ2v) is 26.2. The van der Waals surface area contributed by atoms with E-state index in [-0.39, 0.29) is 30.2 Å². The Kier molecular flexibility index (Phi) is 7.82. The van der Waals surface area contributed by atoms with Crippen LogP contribution < -0.4 is 24.8 Å². The quantitative estimate of drug-likeness (QED) is 0.529. The second-order valence-electron chi connectivity index (χ2n) is 8.36. The summed E-state index contributed by atoms with van der Waals surface area (Å²) in [6.07, 6.45) is 4.96. The van der Waals surface area contributed by atoms with E-state index in [1.165, 1.54) is 22.3 Å². The van der Waals surface area contributed by atoms with Crippen molar-refractivity contribution in [1.82, 2.24) is 0 Å². The molecule has 2 aromatic rings. The van der Waals surface area contributed by atoms with Crippen LogP contribution >= 0.6 is 0 Å². The zero-order chi connectivity index (χ0) is 18.6. The number of allylic oxidation sites excluding steroid dienone is 2. The molecule has 0 amide bonds. The van der Waals surface area contributed by atoms with Crippen LogP contribution in [0.25, 0.3) is 12.2 Å². The van der Waals surface area contributed by atoms with Gasteiger partial charge in [0.05, 0.1) is 0 Å². The Labute approximate surface area is 190 Å². The van der Waals surface area contributed by atoms with E-state index < -0.39 is 20.4 Å². The molecule has 0 spiro atoms. The summed E-state index contributed by atoms with van der Waals surface area (Å²) >= 11 is -1.81. The Balaban J connectivity index is 0.00000140. The first-order chi connectivity index (χ1) is 12.4. The normalized spacial score (nSPS) is 18.6. The minimum Gasteiger partial charge on any atom is -1.00 e. The Morgan fingerprint density at radius 3 is 1.43 bits per heavy atom. The molecule has 2 unspecified atom stereocenters. The van der Waals surface area contributed by atoms with E-state index in [2.05, 4.69) is 89.3 Å². The number of fused-ring (bicyclic) bond motifs is 2. The number of aryl methyl sites for hydroxylation is 2. The van der Waals surface area contributed by atoms with Gasteiger partial charge in [0.2, 0.25) is 0 Å². The van der Waals surface area contributed by atoms with Crippen molar-refractivity contribution in [2.75, 3.05) is 0 Å². The Morgan fingerprint density at radius 2 is 1.07 bits per heavy atom. The van der Waals surface area contributed by atoms with Crippen molar-refractivity contribution in [3.63, 3.8) is 0 Å². The van der Waals surface area contributed by atoms with E-state index >= 15 is 0 Å². The van der Waals surface area contributed by atoms with Gasteiger partial charge in [-0.3, -0.25) is 0 Å². The summed E-state index contributed by atoms with van der Waals surface area (Å²) < 4.78 is 1.52. The molecule has 2 atom stereocenters. The Morgan fingerprint density at radius 1 is 0.679 bits per heavy atom. The molecule has 0 heterocycles. The first-order valence-electron chi connectivity index (χ1n) is 9.61. The van der Waals surface area contributed by atoms with Crippen LogP contribution in [0.3, 0.4) is 0 Å². The van der Waals surface area contributed by atoms with Crippen LogP contribution in [0.1, 0.15) is 54.5 Å². The molecule has 4 rings (SSSR count). The van der Waals surface area contributed by atoms with Crippen LogP contribution in [0.2, 0.25) is 13.1 Å². The fourth-order valence-electron chi connectivity index (χ4n) is 4.87. The molecule has 0 bridgehead atoms. The fraction of sp³-hybridized carbons (Fsp3) is 0.333. The van der Waals surface area contributed by atoms with Crippen LogP contribution in [0, 0.1) is 13.8 Å². The van der Waals surface area contributed by atoms with Gasteiger partial charge >= 0.3 is 167 Å². The summed E-state index contributed by atoms with van der Waals surface area (Å²) in [4.78, 5) is 0. The monoisotopic (exact) mass is 504 g/mol. The summed E-state index contributed by atoms with van der Waals surface area (Å²) in [6.45, 7) is 14.5. The average molecular weight is 507 g/mol. The van der Waals surface area contributed by atoms with Crippen molar-refractivity contribution in [3.8, 4) is 0 Å². The van der Waals surface area contributed by atoms with E-state index in [0.717, 1.165) is 7.25 Å². The molecule has 146 valence electrons. The van der Waals surface area contributed by atoms with Gasteiger partial charge in [-0.1, -0.05) is 0 Å². The van der Waals surface area contributed by atoms with Gasteiger partial charge in [-0.2, -0.15) is 0 Å². The van der Waals surface area contributed by atoms with E-state index in [9.17, 15) is 0 Å². The van der Waals surface area contributed by atoms with Gasteiger partial charge < -0.3 is 24.8 Å². The van der Waals surface area contributed by atoms with E-state index in [0.29, 0.717) is 0 Å². The largest absolute Gasteiger partial charge is 1.00 e. The van der Waals surface area contributed by atoms with Crippen molar-refractivity contribution < 1.29 is 45.2 Å². The molecule has 0 fully saturated rings. The molecule has 4 heteroatoms. The molecule has 2 aliphatic rings.